The Labute approximate surface area is 115 Å². The maximum absolute atomic E-state index is 6.06. The Morgan fingerprint density at radius 1 is 1.22 bits per heavy atom. The SMILES string of the molecule is CCCCC(CC)COc1ccccc1C[SiH2]C. The van der Waals surface area contributed by atoms with Gasteiger partial charge in [-0.05, 0) is 30.0 Å². The summed E-state index contributed by atoms with van der Waals surface area (Å²) < 4.78 is 6.06. The summed E-state index contributed by atoms with van der Waals surface area (Å²) in [5.74, 6) is 1.85. The van der Waals surface area contributed by atoms with Crippen molar-refractivity contribution in [3.05, 3.63) is 29.8 Å². The summed E-state index contributed by atoms with van der Waals surface area (Å²) in [5.41, 5.74) is 1.41. The van der Waals surface area contributed by atoms with Crippen LogP contribution >= 0.6 is 0 Å². The molecule has 1 nitrogen and oxygen atoms in total. The molecule has 0 heterocycles. The predicted octanol–water partition coefficient (Wildman–Crippen LogP) is 4.00. The van der Waals surface area contributed by atoms with E-state index in [1.807, 2.05) is 0 Å². The monoisotopic (exact) mass is 264 g/mol. The van der Waals surface area contributed by atoms with Gasteiger partial charge < -0.3 is 4.74 Å². The van der Waals surface area contributed by atoms with Crippen molar-refractivity contribution < 1.29 is 4.74 Å². The molecule has 0 aliphatic heterocycles. The van der Waals surface area contributed by atoms with Gasteiger partial charge >= 0.3 is 0 Å². The number of unbranched alkanes of at least 4 members (excludes halogenated alkanes) is 1. The van der Waals surface area contributed by atoms with Crippen molar-refractivity contribution in [1.82, 2.24) is 0 Å². The molecule has 2 heteroatoms. The smallest absolute Gasteiger partial charge is 0.122 e. The van der Waals surface area contributed by atoms with Gasteiger partial charge in [0.15, 0.2) is 0 Å². The summed E-state index contributed by atoms with van der Waals surface area (Å²) in [5, 5.41) is 0. The largest absolute Gasteiger partial charge is 0.493 e. The van der Waals surface area contributed by atoms with E-state index in [-0.39, 0.29) is 9.52 Å². The van der Waals surface area contributed by atoms with Gasteiger partial charge in [-0.25, -0.2) is 0 Å². The van der Waals surface area contributed by atoms with Crippen LogP contribution in [0.2, 0.25) is 6.55 Å². The van der Waals surface area contributed by atoms with Crippen LogP contribution in [0.25, 0.3) is 0 Å². The molecule has 1 rings (SSSR count). The van der Waals surface area contributed by atoms with Gasteiger partial charge in [-0.15, -0.1) is 0 Å². The standard InChI is InChI=1S/C16H28OSi/c1-4-6-9-14(5-2)12-17-16-11-8-7-10-15(16)13-18-3/h7-8,10-11,14H,4-6,9,12-13,18H2,1-3H3. The molecule has 0 aliphatic carbocycles. The number of hydrogen-bond donors (Lipinski definition) is 0. The molecule has 1 unspecified atom stereocenters. The Bertz CT molecular complexity index is 325. The minimum Gasteiger partial charge on any atom is -0.493 e. The molecule has 0 fully saturated rings. The fourth-order valence-corrected chi connectivity index (χ4v) is 3.18. The summed E-state index contributed by atoms with van der Waals surface area (Å²) >= 11 is 0. The van der Waals surface area contributed by atoms with Crippen LogP contribution in [0.1, 0.15) is 45.1 Å². The molecule has 1 aromatic carbocycles. The van der Waals surface area contributed by atoms with E-state index in [1.54, 1.807) is 0 Å². The predicted molar refractivity (Wildman–Crippen MR) is 83.4 cm³/mol. The van der Waals surface area contributed by atoms with Gasteiger partial charge in [0, 0.05) is 9.52 Å². The fourth-order valence-electron chi connectivity index (χ4n) is 2.23. The zero-order valence-electron chi connectivity index (χ0n) is 12.2. The van der Waals surface area contributed by atoms with Crippen molar-refractivity contribution in [3.63, 3.8) is 0 Å². The molecule has 0 saturated heterocycles. The third-order valence-electron chi connectivity index (χ3n) is 3.51. The molecule has 1 aromatic rings. The van der Waals surface area contributed by atoms with Gasteiger partial charge in [0.25, 0.3) is 0 Å². The van der Waals surface area contributed by atoms with Gasteiger partial charge in [0.05, 0.1) is 6.61 Å². The quantitative estimate of drug-likeness (QED) is 0.613. The normalized spacial score (nSPS) is 13.1. The van der Waals surface area contributed by atoms with Crippen molar-refractivity contribution in [3.8, 4) is 5.75 Å². The molecular weight excluding hydrogens is 236 g/mol. The summed E-state index contributed by atoms with van der Waals surface area (Å²) in [4.78, 5) is 0. The molecule has 0 aliphatic rings. The van der Waals surface area contributed by atoms with Crippen LogP contribution in [0, 0.1) is 5.92 Å². The average Bonchev–Trinajstić information content (AvgIpc) is 2.41. The Balaban J connectivity index is 2.50. The first-order valence-corrected chi connectivity index (χ1v) is 9.93. The highest BCUT2D eigenvalue weighted by atomic mass is 28.2. The number of para-hydroxylation sites is 1. The van der Waals surface area contributed by atoms with Crippen LogP contribution in [0.5, 0.6) is 5.75 Å². The molecule has 0 radical (unpaired) electrons. The summed E-state index contributed by atoms with van der Waals surface area (Å²) in [6, 6.07) is 9.82. The third kappa shape index (κ3) is 5.26. The highest BCUT2D eigenvalue weighted by Crippen LogP contribution is 2.21. The molecule has 18 heavy (non-hydrogen) atoms. The van der Waals surface area contributed by atoms with Gasteiger partial charge in [0.1, 0.15) is 5.75 Å². The van der Waals surface area contributed by atoms with Crippen LogP contribution in [0.4, 0.5) is 0 Å². The highest BCUT2D eigenvalue weighted by Gasteiger charge is 2.08. The Kier molecular flexibility index (Phi) is 7.82. The lowest BCUT2D eigenvalue weighted by molar-refractivity contribution is 0.232. The average molecular weight is 264 g/mol. The van der Waals surface area contributed by atoms with E-state index in [4.69, 9.17) is 4.74 Å². The van der Waals surface area contributed by atoms with Gasteiger partial charge in [-0.1, -0.05) is 57.9 Å². The van der Waals surface area contributed by atoms with E-state index in [0.717, 1.165) is 18.3 Å². The number of benzene rings is 1. The molecule has 0 N–H and O–H groups in total. The maximum Gasteiger partial charge on any atom is 0.122 e. The van der Waals surface area contributed by atoms with Crippen molar-refractivity contribution in [2.45, 2.75) is 52.1 Å². The third-order valence-corrected chi connectivity index (χ3v) is 4.55. The fraction of sp³-hybridized carbons (Fsp3) is 0.625. The molecule has 1 atom stereocenters. The first-order valence-electron chi connectivity index (χ1n) is 7.52. The van der Waals surface area contributed by atoms with Crippen molar-refractivity contribution >= 4 is 9.52 Å². The van der Waals surface area contributed by atoms with E-state index < -0.39 is 0 Å². The first-order chi connectivity index (χ1) is 8.81. The van der Waals surface area contributed by atoms with Crippen LogP contribution in [-0.4, -0.2) is 16.1 Å². The summed E-state index contributed by atoms with van der Waals surface area (Å²) in [7, 11) is 0.0594. The molecule has 0 aromatic heterocycles. The second kappa shape index (κ2) is 9.20. The van der Waals surface area contributed by atoms with E-state index in [0.29, 0.717) is 0 Å². The second-order valence-corrected chi connectivity index (χ2v) is 6.59. The Morgan fingerprint density at radius 3 is 2.67 bits per heavy atom. The van der Waals surface area contributed by atoms with Crippen LogP contribution in [0.3, 0.4) is 0 Å². The number of hydrogen-bond acceptors (Lipinski definition) is 1. The van der Waals surface area contributed by atoms with Gasteiger partial charge in [-0.2, -0.15) is 0 Å². The van der Waals surface area contributed by atoms with E-state index in [2.05, 4.69) is 44.7 Å². The summed E-state index contributed by atoms with van der Waals surface area (Å²) in [6.07, 6.45) is 5.14. The lowest BCUT2D eigenvalue weighted by Gasteiger charge is -2.17. The van der Waals surface area contributed by atoms with E-state index >= 15 is 0 Å². The van der Waals surface area contributed by atoms with Crippen molar-refractivity contribution in [1.29, 1.82) is 0 Å². The minimum absolute atomic E-state index is 0.0594. The Hall–Kier alpha value is -0.763. The molecular formula is C16H28OSi. The van der Waals surface area contributed by atoms with Gasteiger partial charge in [-0.3, -0.25) is 0 Å². The lowest BCUT2D eigenvalue weighted by Crippen LogP contribution is -2.12. The lowest BCUT2D eigenvalue weighted by atomic mass is 10.0. The van der Waals surface area contributed by atoms with Crippen molar-refractivity contribution in [2.75, 3.05) is 6.61 Å². The van der Waals surface area contributed by atoms with Crippen LogP contribution < -0.4 is 4.74 Å². The molecule has 0 amide bonds. The Morgan fingerprint density at radius 2 is 2.00 bits per heavy atom. The molecule has 0 bridgehead atoms. The zero-order valence-corrected chi connectivity index (χ0v) is 13.7. The minimum atomic E-state index is 0.0594. The van der Waals surface area contributed by atoms with Crippen LogP contribution in [0.15, 0.2) is 24.3 Å². The molecule has 0 spiro atoms. The highest BCUT2D eigenvalue weighted by molar-refractivity contribution is 6.33. The topological polar surface area (TPSA) is 9.23 Å². The zero-order chi connectivity index (χ0) is 13.2. The molecule has 0 saturated carbocycles. The summed E-state index contributed by atoms with van der Waals surface area (Å²) in [6.45, 7) is 7.77. The maximum atomic E-state index is 6.06. The number of rotatable bonds is 9. The van der Waals surface area contributed by atoms with Gasteiger partial charge in [0.2, 0.25) is 0 Å². The second-order valence-electron chi connectivity index (χ2n) is 5.09. The van der Waals surface area contributed by atoms with Crippen LogP contribution in [-0.2, 0) is 6.04 Å². The van der Waals surface area contributed by atoms with Crippen molar-refractivity contribution in [2.24, 2.45) is 5.92 Å². The molecule has 102 valence electrons. The number of ether oxygens (including phenoxy) is 1. The van der Waals surface area contributed by atoms with E-state index in [9.17, 15) is 0 Å². The first kappa shape index (κ1) is 15.3. The van der Waals surface area contributed by atoms with E-state index in [1.165, 1.54) is 37.3 Å².